The lowest BCUT2D eigenvalue weighted by Crippen LogP contribution is -1.93. The van der Waals surface area contributed by atoms with Crippen LogP contribution in [0.15, 0.2) is 152 Å². The molecular formula is C97H100N2. The van der Waals surface area contributed by atoms with Gasteiger partial charge in [-0.2, -0.15) is 0 Å². The van der Waals surface area contributed by atoms with Crippen molar-refractivity contribution in [2.75, 3.05) is 0 Å². The van der Waals surface area contributed by atoms with Crippen LogP contribution in [0.5, 0.6) is 0 Å². The monoisotopic (exact) mass is 1290 g/mol. The molecule has 2 heteroatoms. The van der Waals surface area contributed by atoms with E-state index >= 15 is 0 Å². The zero-order valence-electron chi connectivity index (χ0n) is 63.1. The van der Waals surface area contributed by atoms with Crippen LogP contribution in [0.3, 0.4) is 0 Å². The van der Waals surface area contributed by atoms with Crippen molar-refractivity contribution in [3.8, 4) is 66.8 Å². The molecule has 2 heterocycles. The van der Waals surface area contributed by atoms with Crippen LogP contribution < -0.4 is 0 Å². The number of pyridine rings is 2. The van der Waals surface area contributed by atoms with E-state index in [9.17, 15) is 0 Å². The fraction of sp³-hybridized carbons (Fsp3) is 0.278. The van der Waals surface area contributed by atoms with Gasteiger partial charge in [-0.15, -0.1) is 0 Å². The van der Waals surface area contributed by atoms with Crippen molar-refractivity contribution in [1.82, 2.24) is 9.97 Å². The van der Waals surface area contributed by atoms with E-state index in [1.807, 2.05) is 24.5 Å². The molecule has 2 aromatic heterocycles. The Balaban J connectivity index is 0.000000107. The third-order valence-corrected chi connectivity index (χ3v) is 24.2. The summed E-state index contributed by atoms with van der Waals surface area (Å²) >= 11 is 0. The zero-order chi connectivity index (χ0) is 70.3. The first-order valence-electron chi connectivity index (χ1n) is 36.1. The molecule has 0 N–H and O–H groups in total. The van der Waals surface area contributed by atoms with E-state index in [0.29, 0.717) is 0 Å². The molecule has 0 amide bonds. The predicted octanol–water partition coefficient (Wildman–Crippen LogP) is 24.8. The molecular weight excluding hydrogens is 1190 g/mol. The SMILES string of the molecule is Cc1cc(C)c2c(c1)-c1ccc(C)c(C)c1C2.Cc1cc2c(c(C)c1C)Cc1ncccc1-2.Cc1cc2c(cc1C)-c1ccc(C)c(C)c1C2.Cc1ccc2c(c1C)Cc1c(C)ccc(C)c1-2.Cc1ccc2c(c1C)Cc1c-2ccc(C)c1C.Cc1ccc2c(c1C)Cc1ncccc1-2. The highest BCUT2D eigenvalue weighted by Crippen LogP contribution is 2.47. The van der Waals surface area contributed by atoms with E-state index in [0.717, 1.165) is 38.5 Å². The van der Waals surface area contributed by atoms with Gasteiger partial charge in [0.15, 0.2) is 0 Å². The number of fused-ring (bicyclic) bond motifs is 18. The summed E-state index contributed by atoms with van der Waals surface area (Å²) in [4.78, 5) is 8.92. The molecule has 6 aliphatic carbocycles. The summed E-state index contributed by atoms with van der Waals surface area (Å²) < 4.78 is 0. The fourth-order valence-electron chi connectivity index (χ4n) is 16.6. The molecule has 498 valence electrons. The van der Waals surface area contributed by atoms with Crippen molar-refractivity contribution in [1.29, 1.82) is 0 Å². The van der Waals surface area contributed by atoms with Gasteiger partial charge in [-0.3, -0.25) is 9.97 Å². The summed E-state index contributed by atoms with van der Waals surface area (Å²) in [6.07, 6.45) is 10.2. The topological polar surface area (TPSA) is 25.8 Å². The van der Waals surface area contributed by atoms with Crippen LogP contribution in [0.1, 0.15) is 184 Å². The van der Waals surface area contributed by atoms with Gasteiger partial charge in [-0.05, 0) is 406 Å². The first-order chi connectivity index (χ1) is 47.3. The summed E-state index contributed by atoms with van der Waals surface area (Å²) in [5.74, 6) is 0. The van der Waals surface area contributed by atoms with Crippen LogP contribution in [-0.4, -0.2) is 9.97 Å². The molecule has 0 spiro atoms. The summed E-state index contributed by atoms with van der Waals surface area (Å²) in [7, 11) is 0. The Labute approximate surface area is 592 Å². The quantitative estimate of drug-likeness (QED) is 0.151. The zero-order valence-corrected chi connectivity index (χ0v) is 63.1. The molecule has 0 bridgehead atoms. The van der Waals surface area contributed by atoms with Gasteiger partial charge in [0.1, 0.15) is 0 Å². The molecule has 0 radical (unpaired) electrons. The molecule has 2 nitrogen and oxygen atoms in total. The highest BCUT2D eigenvalue weighted by atomic mass is 14.7. The summed E-state index contributed by atoms with van der Waals surface area (Å²) in [6.45, 7) is 46.6. The lowest BCUT2D eigenvalue weighted by atomic mass is 9.94. The maximum Gasteiger partial charge on any atom is 0.0526 e. The van der Waals surface area contributed by atoms with E-state index in [4.69, 9.17) is 0 Å². The second-order valence-corrected chi connectivity index (χ2v) is 30.0. The number of rotatable bonds is 0. The van der Waals surface area contributed by atoms with E-state index in [1.165, 1.54) is 251 Å². The maximum atomic E-state index is 4.47. The number of nitrogens with zero attached hydrogens (tertiary/aromatic N) is 2. The molecule has 0 aliphatic heterocycles. The van der Waals surface area contributed by atoms with Crippen LogP contribution >= 0.6 is 0 Å². The lowest BCUT2D eigenvalue weighted by Gasteiger charge is -2.11. The number of aromatic nitrogens is 2. The largest absolute Gasteiger partial charge is 0.260 e. The Kier molecular flexibility index (Phi) is 18.5. The predicted molar refractivity (Wildman–Crippen MR) is 423 cm³/mol. The fourth-order valence-corrected chi connectivity index (χ4v) is 16.6. The molecule has 0 unspecified atom stereocenters. The molecule has 18 rings (SSSR count). The Morgan fingerprint density at radius 2 is 0.545 bits per heavy atom. The molecule has 0 fully saturated rings. The van der Waals surface area contributed by atoms with Crippen LogP contribution in [0.4, 0.5) is 0 Å². The molecule has 10 aromatic carbocycles. The Hall–Kier alpha value is -9.50. The van der Waals surface area contributed by atoms with Crippen molar-refractivity contribution in [3.63, 3.8) is 0 Å². The number of benzene rings is 10. The molecule has 6 aliphatic rings. The smallest absolute Gasteiger partial charge is 0.0526 e. The number of hydrogen-bond acceptors (Lipinski definition) is 2. The van der Waals surface area contributed by atoms with Crippen molar-refractivity contribution in [3.05, 3.63) is 336 Å². The highest BCUT2D eigenvalue weighted by Gasteiger charge is 2.28. The van der Waals surface area contributed by atoms with Gasteiger partial charge in [0, 0.05) is 36.4 Å². The van der Waals surface area contributed by atoms with Crippen molar-refractivity contribution in [2.45, 2.75) is 184 Å². The Morgan fingerprint density at radius 3 is 1.05 bits per heavy atom. The molecule has 99 heavy (non-hydrogen) atoms. The van der Waals surface area contributed by atoms with Gasteiger partial charge in [-0.25, -0.2) is 0 Å². The molecule has 12 aromatic rings. The van der Waals surface area contributed by atoms with Crippen molar-refractivity contribution < 1.29 is 0 Å². The van der Waals surface area contributed by atoms with Crippen LogP contribution in [0.2, 0.25) is 0 Å². The summed E-state index contributed by atoms with van der Waals surface area (Å²) in [6, 6.07) is 51.7. The first-order valence-corrected chi connectivity index (χ1v) is 36.1. The number of aryl methyl sites for hydroxylation is 13. The minimum Gasteiger partial charge on any atom is -0.260 e. The van der Waals surface area contributed by atoms with E-state index < -0.39 is 0 Å². The normalized spacial score (nSPS) is 12.5. The van der Waals surface area contributed by atoms with Crippen molar-refractivity contribution >= 4 is 0 Å². The summed E-state index contributed by atoms with van der Waals surface area (Å²) in [5.41, 5.74) is 64.6. The third-order valence-electron chi connectivity index (χ3n) is 24.2. The molecule has 0 saturated heterocycles. The average molecular weight is 1290 g/mol. The van der Waals surface area contributed by atoms with E-state index in [-0.39, 0.29) is 0 Å². The Bertz CT molecular complexity index is 5240. The summed E-state index contributed by atoms with van der Waals surface area (Å²) in [5, 5.41) is 0. The molecule has 0 saturated carbocycles. The second-order valence-electron chi connectivity index (χ2n) is 30.0. The maximum absolute atomic E-state index is 4.47. The van der Waals surface area contributed by atoms with Gasteiger partial charge in [0.25, 0.3) is 0 Å². The van der Waals surface area contributed by atoms with Gasteiger partial charge >= 0.3 is 0 Å². The van der Waals surface area contributed by atoms with E-state index in [2.05, 4.69) is 283 Å². The minimum absolute atomic E-state index is 0.998. The highest BCUT2D eigenvalue weighted by molar-refractivity contribution is 5.85. The third kappa shape index (κ3) is 12.4. The van der Waals surface area contributed by atoms with Gasteiger partial charge in [0.2, 0.25) is 0 Å². The van der Waals surface area contributed by atoms with E-state index in [1.54, 1.807) is 0 Å². The lowest BCUT2D eigenvalue weighted by molar-refractivity contribution is 1.10. The first kappa shape index (κ1) is 68.0. The second kappa shape index (κ2) is 27.0. The average Bonchev–Trinajstić information content (AvgIpc) is 1.64. The van der Waals surface area contributed by atoms with Gasteiger partial charge in [-0.1, -0.05) is 133 Å². The van der Waals surface area contributed by atoms with Crippen LogP contribution in [-0.2, 0) is 38.5 Å². The van der Waals surface area contributed by atoms with Gasteiger partial charge in [0.05, 0.1) is 11.4 Å². The minimum atomic E-state index is 0.998. The van der Waals surface area contributed by atoms with Gasteiger partial charge < -0.3 is 0 Å². The van der Waals surface area contributed by atoms with Crippen molar-refractivity contribution in [2.24, 2.45) is 0 Å². The Morgan fingerprint density at radius 1 is 0.202 bits per heavy atom. The molecule has 0 atom stereocenters. The van der Waals surface area contributed by atoms with Crippen LogP contribution in [0.25, 0.3) is 66.8 Å². The van der Waals surface area contributed by atoms with Crippen LogP contribution in [0, 0.1) is 145 Å². The number of hydrogen-bond donors (Lipinski definition) is 0. The standard InChI is InChI=1S/4C17H18.C15H15N.C14H13N/c1-10-5-7-14-15-8-6-11(2)13(4)17(15)9-16(14)12(10)3;1-10-7-12(3)15-9-16-13(4)11(2)5-6-14(16)17(15)8-10;1-10-5-6-15-16(13(10)4)9-14-7-11(2)12(3)8-17(14)15;1-10-7-8-14-16(13(10)4)9-15-11(2)5-6-12(3)17(14)15;1-9-7-14-12-5-4-6-16-15(12)8-13(14)11(3)10(9)2;1-9-5-6-11-12-4-3-7-15-14(12)8-13(11)10(9)2/h4*5-8H,9H2,1-4H3;4-7H,8H2,1-3H3;3-7H,8H2,1-2H3.